The molecule has 146 valence electrons. The molecule has 27 heavy (non-hydrogen) atoms. The number of rotatable bonds is 4. The monoisotopic (exact) mass is 370 g/mol. The van der Waals surface area contributed by atoms with E-state index in [-0.39, 0.29) is 17.3 Å². The summed E-state index contributed by atoms with van der Waals surface area (Å²) >= 11 is 0. The van der Waals surface area contributed by atoms with Gasteiger partial charge in [0.1, 0.15) is 0 Å². The Bertz CT molecular complexity index is 747. The molecule has 5 nitrogen and oxygen atoms in total. The zero-order valence-corrected chi connectivity index (χ0v) is 16.5. The quantitative estimate of drug-likeness (QED) is 0.501. The first-order chi connectivity index (χ1) is 13.1. The maximum absolute atomic E-state index is 12.5. The van der Waals surface area contributed by atoms with E-state index in [9.17, 15) is 4.79 Å². The van der Waals surface area contributed by atoms with E-state index in [1.807, 2.05) is 0 Å². The second-order valence-corrected chi connectivity index (χ2v) is 8.13. The number of benzene rings is 1. The number of carbonyl (C=O) groups is 1. The number of para-hydroxylation sites is 1. The molecule has 0 amide bonds. The van der Waals surface area contributed by atoms with E-state index < -0.39 is 0 Å². The predicted molar refractivity (Wildman–Crippen MR) is 106 cm³/mol. The first-order valence-corrected chi connectivity index (χ1v) is 10.0. The number of carbonyl (C=O) groups excluding carboxylic acids is 1. The van der Waals surface area contributed by atoms with Crippen molar-refractivity contribution in [3.8, 4) is 0 Å². The molecule has 1 N–H and O–H groups in total. The molecule has 0 aliphatic carbocycles. The van der Waals surface area contributed by atoms with Gasteiger partial charge in [-0.25, -0.2) is 4.79 Å². The summed E-state index contributed by atoms with van der Waals surface area (Å²) in [6.07, 6.45) is 4.80. The summed E-state index contributed by atoms with van der Waals surface area (Å²) in [6.45, 7) is 5.37. The Hall–Kier alpha value is -2.01. The average molecular weight is 370 g/mol. The van der Waals surface area contributed by atoms with Gasteiger partial charge < -0.3 is 14.8 Å². The normalized spacial score (nSPS) is 32.7. The summed E-state index contributed by atoms with van der Waals surface area (Å²) < 4.78 is 10.4. The van der Waals surface area contributed by atoms with Crippen LogP contribution in [0.1, 0.15) is 31.7 Å². The molecule has 1 aromatic carbocycles. The Morgan fingerprint density at radius 3 is 2.93 bits per heavy atom. The van der Waals surface area contributed by atoms with Crippen molar-refractivity contribution in [3.05, 3.63) is 41.7 Å². The van der Waals surface area contributed by atoms with Crippen LogP contribution in [0.4, 0.5) is 5.69 Å². The van der Waals surface area contributed by atoms with Gasteiger partial charge in [-0.2, -0.15) is 0 Å². The van der Waals surface area contributed by atoms with E-state index in [1.54, 1.807) is 13.4 Å². The third-order valence-corrected chi connectivity index (χ3v) is 7.09. The molecule has 0 bridgehead atoms. The Labute approximate surface area is 161 Å². The van der Waals surface area contributed by atoms with Crippen molar-refractivity contribution in [2.75, 3.05) is 39.2 Å². The fraction of sp³-hybridized carbons (Fsp3) is 0.591. The van der Waals surface area contributed by atoms with E-state index in [4.69, 9.17) is 9.47 Å². The second-order valence-electron chi connectivity index (χ2n) is 8.13. The van der Waals surface area contributed by atoms with Gasteiger partial charge in [-0.15, -0.1) is 0 Å². The van der Waals surface area contributed by atoms with Crippen LogP contribution in [0.15, 0.2) is 36.1 Å². The number of hydrogen-bond donors (Lipinski definition) is 1. The maximum atomic E-state index is 12.5. The minimum Gasteiger partial charge on any atom is -0.504 e. The van der Waals surface area contributed by atoms with Crippen LogP contribution < -0.4 is 5.32 Å². The predicted octanol–water partition coefficient (Wildman–Crippen LogP) is 3.17. The molecule has 1 aromatic rings. The standard InChI is InChI=1S/C22H30N2O3/c1-4-15-12-24-10-9-22(14-23-19-8-6-5-7-18(19)22)20(24)11-16(15)17(13-26-2)21(25)27-3/h5-8,13,15-16,20,23H,4,9-12,14H2,1-3H3/t15-,16-,20+,22+/m0/s1. The molecule has 3 aliphatic rings. The highest BCUT2D eigenvalue weighted by molar-refractivity contribution is 5.88. The van der Waals surface area contributed by atoms with E-state index >= 15 is 0 Å². The van der Waals surface area contributed by atoms with Crippen LogP contribution in [0.25, 0.3) is 0 Å². The molecule has 0 unspecified atom stereocenters. The van der Waals surface area contributed by atoms with Crippen LogP contribution >= 0.6 is 0 Å². The Morgan fingerprint density at radius 2 is 2.19 bits per heavy atom. The highest BCUT2D eigenvalue weighted by atomic mass is 16.5. The number of esters is 1. The van der Waals surface area contributed by atoms with E-state index in [0.29, 0.717) is 17.5 Å². The van der Waals surface area contributed by atoms with Crippen molar-refractivity contribution in [3.63, 3.8) is 0 Å². The molecule has 1 spiro atoms. The van der Waals surface area contributed by atoms with Gasteiger partial charge >= 0.3 is 5.97 Å². The lowest BCUT2D eigenvalue weighted by molar-refractivity contribution is -0.137. The second kappa shape index (κ2) is 7.19. The Kier molecular flexibility index (Phi) is 4.89. The van der Waals surface area contributed by atoms with Gasteiger partial charge in [0.15, 0.2) is 0 Å². The van der Waals surface area contributed by atoms with Crippen LogP contribution in [-0.2, 0) is 19.7 Å². The minimum absolute atomic E-state index is 0.141. The highest BCUT2D eigenvalue weighted by Gasteiger charge is 2.55. The smallest absolute Gasteiger partial charge is 0.337 e. The molecular weight excluding hydrogens is 340 g/mol. The Morgan fingerprint density at radius 1 is 1.37 bits per heavy atom. The molecule has 2 fully saturated rings. The number of fused-ring (bicyclic) bond motifs is 4. The van der Waals surface area contributed by atoms with Crippen molar-refractivity contribution < 1.29 is 14.3 Å². The van der Waals surface area contributed by atoms with Crippen molar-refractivity contribution in [2.24, 2.45) is 11.8 Å². The van der Waals surface area contributed by atoms with Gasteiger partial charge in [-0.3, -0.25) is 4.90 Å². The van der Waals surface area contributed by atoms with Gasteiger partial charge in [0.25, 0.3) is 0 Å². The van der Waals surface area contributed by atoms with Gasteiger partial charge in [0.2, 0.25) is 0 Å². The number of nitrogens with one attached hydrogen (secondary N) is 1. The van der Waals surface area contributed by atoms with Crippen LogP contribution in [0, 0.1) is 11.8 Å². The fourth-order valence-electron chi connectivity index (χ4n) is 5.74. The molecule has 0 saturated carbocycles. The van der Waals surface area contributed by atoms with E-state index in [0.717, 1.165) is 32.5 Å². The number of anilines is 1. The summed E-state index contributed by atoms with van der Waals surface area (Å²) in [7, 11) is 3.06. The van der Waals surface area contributed by atoms with Crippen LogP contribution in [0.2, 0.25) is 0 Å². The van der Waals surface area contributed by atoms with Crippen molar-refractivity contribution in [1.82, 2.24) is 4.90 Å². The third-order valence-electron chi connectivity index (χ3n) is 7.09. The SMILES string of the molecule is CC[C@H]1CN2CC[C@]3(CNc4ccccc43)[C@H]2C[C@@H]1C(=COC)C(=O)OC. The molecule has 3 heterocycles. The van der Waals surface area contributed by atoms with Crippen LogP contribution in [0.3, 0.4) is 0 Å². The number of methoxy groups -OCH3 is 2. The van der Waals surface area contributed by atoms with Crippen molar-refractivity contribution in [1.29, 1.82) is 0 Å². The zero-order valence-electron chi connectivity index (χ0n) is 16.5. The number of ether oxygens (including phenoxy) is 2. The topological polar surface area (TPSA) is 50.8 Å². The minimum atomic E-state index is -0.259. The summed E-state index contributed by atoms with van der Waals surface area (Å²) in [4.78, 5) is 15.1. The lowest BCUT2D eigenvalue weighted by Gasteiger charge is -2.45. The Balaban J connectivity index is 1.69. The summed E-state index contributed by atoms with van der Waals surface area (Å²) in [5, 5.41) is 3.64. The van der Waals surface area contributed by atoms with Crippen molar-refractivity contribution in [2.45, 2.75) is 37.6 Å². The number of nitrogens with zero attached hydrogens (tertiary/aromatic N) is 1. The largest absolute Gasteiger partial charge is 0.504 e. The molecule has 4 atom stereocenters. The molecule has 2 saturated heterocycles. The lowest BCUT2D eigenvalue weighted by Crippen LogP contribution is -2.52. The molecular formula is C22H30N2O3. The number of hydrogen-bond acceptors (Lipinski definition) is 5. The van der Waals surface area contributed by atoms with Crippen LogP contribution in [-0.4, -0.2) is 50.8 Å². The lowest BCUT2D eigenvalue weighted by atomic mass is 9.68. The van der Waals surface area contributed by atoms with E-state index in [1.165, 1.54) is 24.8 Å². The highest BCUT2D eigenvalue weighted by Crippen LogP contribution is 2.52. The molecule has 4 rings (SSSR count). The fourth-order valence-corrected chi connectivity index (χ4v) is 5.74. The summed E-state index contributed by atoms with van der Waals surface area (Å²) in [6, 6.07) is 9.16. The third kappa shape index (κ3) is 2.83. The molecule has 0 radical (unpaired) electrons. The molecule has 5 heteroatoms. The van der Waals surface area contributed by atoms with Gasteiger partial charge in [-0.1, -0.05) is 31.5 Å². The molecule has 3 aliphatic heterocycles. The molecule has 0 aromatic heterocycles. The average Bonchev–Trinajstić information content (AvgIpc) is 3.27. The van der Waals surface area contributed by atoms with Crippen LogP contribution in [0.5, 0.6) is 0 Å². The van der Waals surface area contributed by atoms with Gasteiger partial charge in [-0.05, 0) is 42.9 Å². The van der Waals surface area contributed by atoms with E-state index in [2.05, 4.69) is 41.4 Å². The first kappa shape index (κ1) is 18.4. The number of piperidine rings is 1. The zero-order chi connectivity index (χ0) is 19.0. The summed E-state index contributed by atoms with van der Waals surface area (Å²) in [5.41, 5.74) is 3.55. The van der Waals surface area contributed by atoms with Crippen molar-refractivity contribution >= 4 is 11.7 Å². The first-order valence-electron chi connectivity index (χ1n) is 10.0. The maximum Gasteiger partial charge on any atom is 0.337 e. The van der Waals surface area contributed by atoms with Gasteiger partial charge in [0, 0.05) is 30.2 Å². The van der Waals surface area contributed by atoms with Gasteiger partial charge in [0.05, 0.1) is 26.1 Å². The summed E-state index contributed by atoms with van der Waals surface area (Å²) in [5.74, 6) is 0.360.